The lowest BCUT2D eigenvalue weighted by atomic mass is 10.1. The SMILES string of the molecule is CC(C)CN(Cc1ncc(Cl)n1C)CC(O)c1ccc(F)cc1. The first kappa shape index (κ1) is 17.9. The zero-order chi connectivity index (χ0) is 17.0. The fraction of sp³-hybridized carbons (Fsp3) is 0.471. The number of hydrogen-bond donors (Lipinski definition) is 1. The summed E-state index contributed by atoms with van der Waals surface area (Å²) >= 11 is 6.03. The van der Waals surface area contributed by atoms with Crippen molar-refractivity contribution in [3.63, 3.8) is 0 Å². The zero-order valence-corrected chi connectivity index (χ0v) is 14.5. The first-order valence-corrected chi connectivity index (χ1v) is 8.06. The van der Waals surface area contributed by atoms with Gasteiger partial charge in [0, 0.05) is 20.1 Å². The summed E-state index contributed by atoms with van der Waals surface area (Å²) < 4.78 is 14.8. The predicted octanol–water partition coefficient (Wildman–Crippen LogP) is 3.40. The maximum Gasteiger partial charge on any atom is 0.128 e. The predicted molar refractivity (Wildman–Crippen MR) is 89.7 cm³/mol. The van der Waals surface area contributed by atoms with Gasteiger partial charge in [-0.2, -0.15) is 0 Å². The monoisotopic (exact) mass is 339 g/mol. The molecule has 1 aromatic carbocycles. The molecule has 6 heteroatoms. The number of benzene rings is 1. The molecule has 0 radical (unpaired) electrons. The van der Waals surface area contributed by atoms with Crippen molar-refractivity contribution in [2.75, 3.05) is 13.1 Å². The third kappa shape index (κ3) is 5.03. The third-order valence-electron chi connectivity index (χ3n) is 3.70. The van der Waals surface area contributed by atoms with Gasteiger partial charge in [-0.05, 0) is 23.6 Å². The molecule has 0 spiro atoms. The van der Waals surface area contributed by atoms with Crippen molar-refractivity contribution in [3.8, 4) is 0 Å². The van der Waals surface area contributed by atoms with Gasteiger partial charge in [0.15, 0.2) is 0 Å². The van der Waals surface area contributed by atoms with E-state index < -0.39 is 6.10 Å². The van der Waals surface area contributed by atoms with Crippen molar-refractivity contribution < 1.29 is 9.50 Å². The van der Waals surface area contributed by atoms with Crippen molar-refractivity contribution in [3.05, 3.63) is 52.8 Å². The molecular weight excluding hydrogens is 317 g/mol. The third-order valence-corrected chi connectivity index (χ3v) is 4.05. The highest BCUT2D eigenvalue weighted by Crippen LogP contribution is 2.18. The van der Waals surface area contributed by atoms with E-state index in [-0.39, 0.29) is 5.82 Å². The van der Waals surface area contributed by atoms with Crippen LogP contribution in [-0.4, -0.2) is 32.6 Å². The number of nitrogens with zero attached hydrogens (tertiary/aromatic N) is 3. The summed E-state index contributed by atoms with van der Waals surface area (Å²) in [6.45, 7) is 6.13. The van der Waals surface area contributed by atoms with Gasteiger partial charge in [-0.25, -0.2) is 9.37 Å². The van der Waals surface area contributed by atoms with E-state index in [9.17, 15) is 9.50 Å². The maximum absolute atomic E-state index is 13.0. The van der Waals surface area contributed by atoms with Crippen molar-refractivity contribution in [2.45, 2.75) is 26.5 Å². The molecule has 1 unspecified atom stereocenters. The molecule has 0 aliphatic rings. The van der Waals surface area contributed by atoms with Crippen molar-refractivity contribution in [2.24, 2.45) is 13.0 Å². The second-order valence-electron chi connectivity index (χ2n) is 6.21. The molecule has 2 rings (SSSR count). The summed E-state index contributed by atoms with van der Waals surface area (Å²) in [6.07, 6.45) is 0.950. The lowest BCUT2D eigenvalue weighted by Crippen LogP contribution is -2.32. The fourth-order valence-electron chi connectivity index (χ4n) is 2.53. The van der Waals surface area contributed by atoms with Crippen LogP contribution in [0.3, 0.4) is 0 Å². The molecule has 0 bridgehead atoms. The van der Waals surface area contributed by atoms with Crippen LogP contribution in [0.5, 0.6) is 0 Å². The first-order chi connectivity index (χ1) is 10.9. The van der Waals surface area contributed by atoms with Gasteiger partial charge in [0.2, 0.25) is 0 Å². The number of aliphatic hydroxyl groups excluding tert-OH is 1. The van der Waals surface area contributed by atoms with Gasteiger partial charge < -0.3 is 9.67 Å². The summed E-state index contributed by atoms with van der Waals surface area (Å²) in [5, 5.41) is 11.0. The fourth-order valence-corrected chi connectivity index (χ4v) is 2.67. The molecule has 0 saturated heterocycles. The van der Waals surface area contributed by atoms with Crippen LogP contribution in [0.2, 0.25) is 5.15 Å². The lowest BCUT2D eigenvalue weighted by Gasteiger charge is -2.26. The summed E-state index contributed by atoms with van der Waals surface area (Å²) in [4.78, 5) is 6.45. The normalized spacial score (nSPS) is 13.0. The highest BCUT2D eigenvalue weighted by Gasteiger charge is 2.17. The van der Waals surface area contributed by atoms with E-state index in [4.69, 9.17) is 11.6 Å². The lowest BCUT2D eigenvalue weighted by molar-refractivity contribution is 0.0996. The van der Waals surface area contributed by atoms with Gasteiger partial charge in [0.05, 0.1) is 18.8 Å². The Bertz CT molecular complexity index is 627. The Hall–Kier alpha value is -1.43. The number of aromatic nitrogens is 2. The van der Waals surface area contributed by atoms with Gasteiger partial charge in [-0.1, -0.05) is 37.6 Å². The van der Waals surface area contributed by atoms with E-state index in [2.05, 4.69) is 23.7 Å². The molecular formula is C17H23ClFN3O. The summed E-state index contributed by atoms with van der Waals surface area (Å²) in [7, 11) is 1.87. The first-order valence-electron chi connectivity index (χ1n) is 7.68. The number of aliphatic hydroxyl groups is 1. The number of hydrogen-bond acceptors (Lipinski definition) is 3. The Kier molecular flexibility index (Phi) is 6.16. The van der Waals surface area contributed by atoms with Crippen molar-refractivity contribution >= 4 is 11.6 Å². The molecule has 0 amide bonds. The van der Waals surface area contributed by atoms with Crippen LogP contribution >= 0.6 is 11.6 Å². The molecule has 0 fully saturated rings. The van der Waals surface area contributed by atoms with Crippen LogP contribution in [0.1, 0.15) is 31.3 Å². The zero-order valence-electron chi connectivity index (χ0n) is 13.7. The highest BCUT2D eigenvalue weighted by molar-refractivity contribution is 6.29. The largest absolute Gasteiger partial charge is 0.387 e. The van der Waals surface area contributed by atoms with E-state index in [0.29, 0.717) is 29.7 Å². The van der Waals surface area contributed by atoms with Crippen molar-refractivity contribution in [1.29, 1.82) is 0 Å². The molecule has 0 saturated carbocycles. The average Bonchev–Trinajstić information content (AvgIpc) is 2.79. The number of rotatable bonds is 7. The van der Waals surface area contributed by atoms with E-state index in [1.165, 1.54) is 12.1 Å². The van der Waals surface area contributed by atoms with E-state index >= 15 is 0 Å². The second kappa shape index (κ2) is 7.90. The molecule has 1 atom stereocenters. The van der Waals surface area contributed by atoms with E-state index in [1.54, 1.807) is 18.3 Å². The van der Waals surface area contributed by atoms with Gasteiger partial charge in [0.25, 0.3) is 0 Å². The van der Waals surface area contributed by atoms with Crippen LogP contribution in [-0.2, 0) is 13.6 Å². The molecule has 1 aromatic heterocycles. The smallest absolute Gasteiger partial charge is 0.128 e. The second-order valence-corrected chi connectivity index (χ2v) is 6.60. The number of halogens is 2. The van der Waals surface area contributed by atoms with Gasteiger partial charge in [0.1, 0.15) is 16.8 Å². The minimum absolute atomic E-state index is 0.303. The molecule has 126 valence electrons. The van der Waals surface area contributed by atoms with Crippen molar-refractivity contribution in [1.82, 2.24) is 14.5 Å². The summed E-state index contributed by atoms with van der Waals surface area (Å²) in [6, 6.07) is 5.96. The Morgan fingerprint density at radius 3 is 2.43 bits per heavy atom. The quantitative estimate of drug-likeness (QED) is 0.840. The van der Waals surface area contributed by atoms with Gasteiger partial charge in [-0.15, -0.1) is 0 Å². The molecule has 0 aliphatic heterocycles. The van der Waals surface area contributed by atoms with Crippen LogP contribution in [0.15, 0.2) is 30.5 Å². The maximum atomic E-state index is 13.0. The molecule has 0 aliphatic carbocycles. The van der Waals surface area contributed by atoms with Crippen LogP contribution < -0.4 is 0 Å². The highest BCUT2D eigenvalue weighted by atomic mass is 35.5. The standard InChI is InChI=1S/C17H23ClFN3O/c1-12(2)9-22(11-17-20-8-16(18)21(17)3)10-15(23)13-4-6-14(19)7-5-13/h4-8,12,15,23H,9-11H2,1-3H3. The molecule has 23 heavy (non-hydrogen) atoms. The Balaban J connectivity index is 2.08. The Labute approximate surface area is 141 Å². The minimum Gasteiger partial charge on any atom is -0.387 e. The summed E-state index contributed by atoms with van der Waals surface area (Å²) in [5.74, 6) is 0.996. The van der Waals surface area contributed by atoms with Crippen LogP contribution in [0.25, 0.3) is 0 Å². The van der Waals surface area contributed by atoms with Crippen LogP contribution in [0, 0.1) is 11.7 Å². The molecule has 4 nitrogen and oxygen atoms in total. The van der Waals surface area contributed by atoms with E-state index in [1.807, 2.05) is 11.6 Å². The molecule has 1 N–H and O–H groups in total. The van der Waals surface area contributed by atoms with Gasteiger partial charge >= 0.3 is 0 Å². The Morgan fingerprint density at radius 2 is 1.91 bits per heavy atom. The molecule has 2 aromatic rings. The van der Waals surface area contributed by atoms with Gasteiger partial charge in [-0.3, -0.25) is 4.90 Å². The minimum atomic E-state index is -0.676. The topological polar surface area (TPSA) is 41.3 Å². The number of imidazole rings is 1. The average molecular weight is 340 g/mol. The molecule has 1 heterocycles. The Morgan fingerprint density at radius 1 is 1.26 bits per heavy atom. The van der Waals surface area contributed by atoms with Crippen LogP contribution in [0.4, 0.5) is 4.39 Å². The van der Waals surface area contributed by atoms with E-state index in [0.717, 1.165) is 12.4 Å². The summed E-state index contributed by atoms with van der Waals surface area (Å²) in [5.41, 5.74) is 0.707.